The minimum atomic E-state index is -1.75. The van der Waals surface area contributed by atoms with Crippen LogP contribution in [-0.2, 0) is 7.61 Å². The minimum absolute atomic E-state index is 0. The Morgan fingerprint density at radius 1 is 1.11 bits per heavy atom. The fourth-order valence-electron chi connectivity index (χ4n) is 0. The molecule has 0 aliphatic rings. The van der Waals surface area contributed by atoms with E-state index in [1.54, 1.807) is 0 Å². The zero-order valence-corrected chi connectivity index (χ0v) is 16.0. The topological polar surface area (TPSA) is 80.3 Å². The molecule has 9 heavy (non-hydrogen) atoms. The first-order valence-corrected chi connectivity index (χ1v) is 2.83. The Kier molecular flexibility index (Phi) is 131. The fourth-order valence-corrected chi connectivity index (χ4v) is 0. The molecule has 0 saturated heterocycles. The van der Waals surface area contributed by atoms with Gasteiger partial charge in [-0.05, 0) is 0 Å². The summed E-state index contributed by atoms with van der Waals surface area (Å²) < 4.78 is 33.8. The maximum absolute atomic E-state index is 8.46. The molecule has 0 radical (unpaired) electrons. The molecule has 0 aromatic rings. The summed E-state index contributed by atoms with van der Waals surface area (Å²) in [6.45, 7) is 0. The molecule has 0 rings (SSSR count). The van der Waals surface area contributed by atoms with E-state index < -0.39 is 31.0 Å². The van der Waals surface area contributed by atoms with Gasteiger partial charge in [0.1, 0.15) is 0 Å². The summed E-state index contributed by atoms with van der Waals surface area (Å²) in [5.41, 5.74) is 0. The Hall–Kier alpha value is 3.98. The Morgan fingerprint density at radius 3 is 1.11 bits per heavy atom. The van der Waals surface area contributed by atoms with Gasteiger partial charge in [0.15, 0.2) is 0 Å². The van der Waals surface area contributed by atoms with Crippen LogP contribution in [-0.4, -0.2) is 103 Å². The SMILES string of the molecule is [Ba+2].[Ce].[H-].[H-].[Mg+2].[O]=[Al][O-].[O]=[Al][O-]. The molecule has 0 atom stereocenters. The van der Waals surface area contributed by atoms with Crippen molar-refractivity contribution >= 4 is 103 Å². The standard InChI is InChI=1S/2Al.Ba.Ce.Mg.4O.2H/q;;+2;;+2;;;4*-1. The van der Waals surface area contributed by atoms with Crippen molar-refractivity contribution in [2.45, 2.75) is 0 Å². The van der Waals surface area contributed by atoms with Crippen molar-refractivity contribution in [2.24, 2.45) is 0 Å². The van der Waals surface area contributed by atoms with Gasteiger partial charge in [0.25, 0.3) is 0 Å². The van der Waals surface area contributed by atoms with Gasteiger partial charge in [-0.25, -0.2) is 0 Å². The second-order valence-corrected chi connectivity index (χ2v) is 0.577. The first-order chi connectivity index (χ1) is 2.83. The summed E-state index contributed by atoms with van der Waals surface area (Å²) >= 11 is -3.50. The van der Waals surface area contributed by atoms with Crippen LogP contribution in [0.15, 0.2) is 0 Å². The second kappa shape index (κ2) is 40.4. The molecular formula is H2Al2BaCeMgO4. The third-order valence-electron chi connectivity index (χ3n) is 0. The van der Waals surface area contributed by atoms with Crippen molar-refractivity contribution in [3.8, 4) is 0 Å². The third-order valence-corrected chi connectivity index (χ3v) is 0. The van der Waals surface area contributed by atoms with Crippen LogP contribution in [0.1, 0.15) is 2.85 Å². The van der Waals surface area contributed by atoms with Crippen LogP contribution in [0.3, 0.4) is 0 Å². The van der Waals surface area contributed by atoms with Gasteiger partial charge in [-0.15, -0.1) is 0 Å². The summed E-state index contributed by atoms with van der Waals surface area (Å²) in [5, 5.41) is 0. The summed E-state index contributed by atoms with van der Waals surface area (Å²) in [6, 6.07) is 0. The van der Waals surface area contributed by atoms with Crippen molar-refractivity contribution < 1.29 is 60.5 Å². The Balaban J connectivity index is -0.00000000400. The van der Waals surface area contributed by atoms with Crippen LogP contribution >= 0.6 is 0 Å². The average Bonchev–Trinajstić information content (AvgIpc) is 1.39. The zero-order valence-electron chi connectivity index (χ0n) is 6.70. The van der Waals surface area contributed by atoms with Crippen LogP contribution in [0.25, 0.3) is 0 Å². The van der Waals surface area contributed by atoms with Crippen molar-refractivity contribution in [3.63, 3.8) is 0 Å². The third kappa shape index (κ3) is 75.3. The average molecular weight is 422 g/mol. The van der Waals surface area contributed by atoms with Gasteiger partial charge in [0.05, 0.1) is 0 Å². The van der Waals surface area contributed by atoms with Gasteiger partial charge in [-0.1, -0.05) is 0 Å². The van der Waals surface area contributed by atoms with E-state index in [4.69, 9.17) is 15.9 Å². The molecule has 40 valence electrons. The van der Waals surface area contributed by atoms with Gasteiger partial charge >= 0.3 is 119 Å². The van der Waals surface area contributed by atoms with Crippen LogP contribution in [0, 0.1) is 41.7 Å². The number of rotatable bonds is 0. The van der Waals surface area contributed by atoms with Crippen molar-refractivity contribution in [3.05, 3.63) is 0 Å². The van der Waals surface area contributed by atoms with Gasteiger partial charge in [0, 0.05) is 41.7 Å². The van der Waals surface area contributed by atoms with Gasteiger partial charge in [0.2, 0.25) is 0 Å². The van der Waals surface area contributed by atoms with E-state index in [0.29, 0.717) is 0 Å². The molecule has 9 heteroatoms. The van der Waals surface area contributed by atoms with Gasteiger partial charge < -0.3 is 2.85 Å². The van der Waals surface area contributed by atoms with Crippen LogP contribution < -0.4 is 8.32 Å². The zero-order chi connectivity index (χ0) is 5.41. The molecule has 0 fully saturated rings. The molecule has 0 heterocycles. The molecule has 0 unspecified atom stereocenters. The summed E-state index contributed by atoms with van der Waals surface area (Å²) in [6.07, 6.45) is 0. The maximum atomic E-state index is 8.46. The number of hydrogen-bond acceptors (Lipinski definition) is 4. The first-order valence-electron chi connectivity index (χ1n) is 0.943. The molecule has 0 spiro atoms. The van der Waals surface area contributed by atoms with Gasteiger partial charge in [-0.3, -0.25) is 0 Å². The fraction of sp³-hybridized carbons (Fsp3) is 0. The summed E-state index contributed by atoms with van der Waals surface area (Å²) in [4.78, 5) is 0. The Morgan fingerprint density at radius 2 is 1.11 bits per heavy atom. The quantitative estimate of drug-likeness (QED) is 0.374. The van der Waals surface area contributed by atoms with E-state index in [9.17, 15) is 0 Å². The van der Waals surface area contributed by atoms with Gasteiger partial charge in [-0.2, -0.15) is 0 Å². The molecule has 0 aromatic heterocycles. The molecule has 0 amide bonds. The molecule has 0 bridgehead atoms. The molecule has 0 aliphatic heterocycles. The van der Waals surface area contributed by atoms with E-state index in [0.717, 1.165) is 0 Å². The molecule has 0 saturated carbocycles. The first kappa shape index (κ1) is 29.3. The summed E-state index contributed by atoms with van der Waals surface area (Å²) in [7, 11) is 0. The van der Waals surface area contributed by atoms with Crippen molar-refractivity contribution in [2.75, 3.05) is 0 Å². The predicted molar refractivity (Wildman–Crippen MR) is 26.6 cm³/mol. The molecule has 0 aromatic carbocycles. The van der Waals surface area contributed by atoms with E-state index in [-0.39, 0.29) is 117 Å². The Labute approximate surface area is 159 Å². The van der Waals surface area contributed by atoms with E-state index in [1.807, 2.05) is 0 Å². The van der Waals surface area contributed by atoms with E-state index in [2.05, 4.69) is 0 Å². The summed E-state index contributed by atoms with van der Waals surface area (Å²) in [5.74, 6) is 0. The van der Waals surface area contributed by atoms with Crippen molar-refractivity contribution in [1.82, 2.24) is 0 Å². The van der Waals surface area contributed by atoms with Crippen LogP contribution in [0.5, 0.6) is 0 Å². The molecular weight excluding hydrogens is 420 g/mol. The van der Waals surface area contributed by atoms with E-state index in [1.165, 1.54) is 0 Å². The number of hydrogen-bond donors (Lipinski definition) is 0. The Bertz CT molecular complexity index is 47.1. The van der Waals surface area contributed by atoms with Crippen LogP contribution in [0.2, 0.25) is 0 Å². The molecule has 4 nitrogen and oxygen atoms in total. The van der Waals surface area contributed by atoms with E-state index >= 15 is 0 Å². The van der Waals surface area contributed by atoms with Crippen molar-refractivity contribution in [1.29, 1.82) is 0 Å². The molecule has 0 N–H and O–H groups in total. The second-order valence-electron chi connectivity index (χ2n) is 0.192. The molecule has 0 aliphatic carbocycles. The predicted octanol–water partition coefficient (Wildman–Crippen LogP) is -3.91. The monoisotopic (exact) mass is 422 g/mol. The van der Waals surface area contributed by atoms with Crippen LogP contribution in [0.4, 0.5) is 0 Å². The normalized spacial score (nSPS) is 1.78.